The third-order valence-corrected chi connectivity index (χ3v) is 2.07. The minimum atomic E-state index is -0.987. The second-order valence-electron chi connectivity index (χ2n) is 3.36. The largest absolute Gasteiger partial charge is 0.381 e. The van der Waals surface area contributed by atoms with E-state index in [1.165, 1.54) is 0 Å². The maximum atomic E-state index is 10.4. The highest BCUT2D eigenvalue weighted by atomic mass is 16.3. The Morgan fingerprint density at radius 2 is 1.77 bits per heavy atom. The van der Waals surface area contributed by atoms with Gasteiger partial charge in [0, 0.05) is 0 Å². The maximum Gasteiger partial charge on any atom is 0.153 e. The Morgan fingerprint density at radius 1 is 1.23 bits per heavy atom. The van der Waals surface area contributed by atoms with Crippen molar-refractivity contribution in [2.24, 2.45) is 0 Å². The quantitative estimate of drug-likeness (QED) is 0.719. The van der Waals surface area contributed by atoms with Crippen LogP contribution in [0.1, 0.15) is 37.0 Å². The lowest BCUT2D eigenvalue weighted by atomic mass is 9.94. The lowest BCUT2D eigenvalue weighted by Crippen LogP contribution is -2.03. The first-order chi connectivity index (χ1) is 6.16. The molecule has 0 saturated heterocycles. The SMILES string of the molecule is CC(C)c1ccccc1C(O)C=O. The van der Waals surface area contributed by atoms with Crippen LogP contribution in [0.25, 0.3) is 0 Å². The van der Waals surface area contributed by atoms with Crippen LogP contribution < -0.4 is 0 Å². The Hall–Kier alpha value is -1.15. The van der Waals surface area contributed by atoms with Crippen LogP contribution in [0.5, 0.6) is 0 Å². The van der Waals surface area contributed by atoms with Crippen LogP contribution in [0.2, 0.25) is 0 Å². The number of hydrogen-bond donors (Lipinski definition) is 1. The minimum Gasteiger partial charge on any atom is -0.381 e. The summed E-state index contributed by atoms with van der Waals surface area (Å²) in [6.45, 7) is 4.08. The molecule has 1 atom stereocenters. The van der Waals surface area contributed by atoms with E-state index in [-0.39, 0.29) is 0 Å². The van der Waals surface area contributed by atoms with Gasteiger partial charge in [-0.15, -0.1) is 0 Å². The molecule has 1 N–H and O–H groups in total. The van der Waals surface area contributed by atoms with Crippen LogP contribution in [-0.2, 0) is 4.79 Å². The Balaban J connectivity index is 3.11. The third kappa shape index (κ3) is 2.16. The van der Waals surface area contributed by atoms with Crippen molar-refractivity contribution >= 4 is 6.29 Å². The molecule has 0 aliphatic heterocycles. The molecule has 0 aromatic heterocycles. The van der Waals surface area contributed by atoms with Crippen molar-refractivity contribution < 1.29 is 9.90 Å². The summed E-state index contributed by atoms with van der Waals surface area (Å²) in [6, 6.07) is 7.46. The van der Waals surface area contributed by atoms with Gasteiger partial charge in [0.25, 0.3) is 0 Å². The summed E-state index contributed by atoms with van der Waals surface area (Å²) in [5, 5.41) is 9.39. The van der Waals surface area contributed by atoms with Crippen molar-refractivity contribution in [1.29, 1.82) is 0 Å². The van der Waals surface area contributed by atoms with Gasteiger partial charge < -0.3 is 9.90 Å². The topological polar surface area (TPSA) is 37.3 Å². The summed E-state index contributed by atoms with van der Waals surface area (Å²) in [6.07, 6.45) is -0.431. The van der Waals surface area contributed by atoms with Gasteiger partial charge in [0.05, 0.1) is 0 Å². The van der Waals surface area contributed by atoms with Crippen LogP contribution in [0, 0.1) is 0 Å². The molecular weight excluding hydrogens is 164 g/mol. The van der Waals surface area contributed by atoms with E-state index in [0.29, 0.717) is 17.8 Å². The van der Waals surface area contributed by atoms with Crippen LogP contribution in [-0.4, -0.2) is 11.4 Å². The molecule has 0 aliphatic carbocycles. The summed E-state index contributed by atoms with van der Waals surface area (Å²) in [4.78, 5) is 10.4. The van der Waals surface area contributed by atoms with E-state index in [4.69, 9.17) is 0 Å². The number of benzene rings is 1. The molecule has 2 nitrogen and oxygen atoms in total. The predicted molar refractivity (Wildman–Crippen MR) is 51.6 cm³/mol. The maximum absolute atomic E-state index is 10.4. The summed E-state index contributed by atoms with van der Waals surface area (Å²) < 4.78 is 0. The van der Waals surface area contributed by atoms with Crippen LogP contribution in [0.3, 0.4) is 0 Å². The number of aliphatic hydroxyl groups excluding tert-OH is 1. The molecule has 1 rings (SSSR count). The number of hydrogen-bond acceptors (Lipinski definition) is 2. The van der Waals surface area contributed by atoms with Crippen LogP contribution in [0.15, 0.2) is 24.3 Å². The van der Waals surface area contributed by atoms with Crippen LogP contribution in [0.4, 0.5) is 0 Å². The second kappa shape index (κ2) is 4.19. The number of rotatable bonds is 3. The van der Waals surface area contributed by atoms with E-state index >= 15 is 0 Å². The predicted octanol–water partition coefficient (Wildman–Crippen LogP) is 2.04. The fourth-order valence-corrected chi connectivity index (χ4v) is 1.38. The third-order valence-electron chi connectivity index (χ3n) is 2.07. The molecule has 0 fully saturated rings. The smallest absolute Gasteiger partial charge is 0.153 e. The van der Waals surface area contributed by atoms with Gasteiger partial charge in [-0.3, -0.25) is 0 Å². The molecule has 0 aliphatic rings. The first-order valence-electron chi connectivity index (χ1n) is 4.39. The van der Waals surface area contributed by atoms with Gasteiger partial charge in [0.1, 0.15) is 6.10 Å². The fourth-order valence-electron chi connectivity index (χ4n) is 1.38. The molecule has 0 amide bonds. The molecular formula is C11H14O2. The second-order valence-corrected chi connectivity index (χ2v) is 3.36. The molecule has 0 spiro atoms. The fraction of sp³-hybridized carbons (Fsp3) is 0.364. The molecule has 0 radical (unpaired) electrons. The van der Waals surface area contributed by atoms with E-state index in [9.17, 15) is 9.90 Å². The molecule has 0 bridgehead atoms. The Labute approximate surface area is 78.2 Å². The van der Waals surface area contributed by atoms with Crippen LogP contribution >= 0.6 is 0 Å². The molecule has 2 heteroatoms. The molecule has 0 saturated carbocycles. The van der Waals surface area contributed by atoms with E-state index in [1.807, 2.05) is 32.0 Å². The van der Waals surface area contributed by atoms with Crippen molar-refractivity contribution in [2.75, 3.05) is 0 Å². The van der Waals surface area contributed by atoms with Crippen molar-refractivity contribution in [3.8, 4) is 0 Å². The van der Waals surface area contributed by atoms with Crippen molar-refractivity contribution in [1.82, 2.24) is 0 Å². The van der Waals surface area contributed by atoms with Gasteiger partial charge in [-0.05, 0) is 17.0 Å². The lowest BCUT2D eigenvalue weighted by molar-refractivity contribution is -0.115. The van der Waals surface area contributed by atoms with Crippen molar-refractivity contribution in [2.45, 2.75) is 25.9 Å². The Morgan fingerprint density at radius 3 is 2.23 bits per heavy atom. The van der Waals surface area contributed by atoms with Gasteiger partial charge in [-0.2, -0.15) is 0 Å². The number of aliphatic hydroxyl groups is 1. The highest BCUT2D eigenvalue weighted by Gasteiger charge is 2.12. The molecule has 13 heavy (non-hydrogen) atoms. The zero-order chi connectivity index (χ0) is 9.84. The van der Waals surface area contributed by atoms with Gasteiger partial charge in [-0.25, -0.2) is 0 Å². The standard InChI is InChI=1S/C11H14O2/c1-8(2)9-5-3-4-6-10(9)11(13)7-12/h3-8,11,13H,1-2H3. The zero-order valence-corrected chi connectivity index (χ0v) is 7.90. The summed E-state index contributed by atoms with van der Waals surface area (Å²) in [5.74, 6) is 0.325. The summed E-state index contributed by atoms with van der Waals surface area (Å²) >= 11 is 0. The molecule has 1 unspecified atom stereocenters. The summed E-state index contributed by atoms with van der Waals surface area (Å²) in [5.41, 5.74) is 1.75. The molecule has 0 heterocycles. The van der Waals surface area contributed by atoms with Gasteiger partial charge in [0.15, 0.2) is 6.29 Å². The monoisotopic (exact) mass is 178 g/mol. The molecule has 1 aromatic carbocycles. The number of carbonyl (C=O) groups excluding carboxylic acids is 1. The highest BCUT2D eigenvalue weighted by Crippen LogP contribution is 2.23. The summed E-state index contributed by atoms with van der Waals surface area (Å²) in [7, 11) is 0. The Kier molecular flexibility index (Phi) is 3.20. The molecule has 70 valence electrons. The van der Waals surface area contributed by atoms with Crippen molar-refractivity contribution in [3.05, 3.63) is 35.4 Å². The Bertz CT molecular complexity index is 292. The van der Waals surface area contributed by atoms with E-state index in [2.05, 4.69) is 0 Å². The van der Waals surface area contributed by atoms with Gasteiger partial charge in [-0.1, -0.05) is 38.1 Å². The average molecular weight is 178 g/mol. The first-order valence-corrected chi connectivity index (χ1v) is 4.39. The molecule has 1 aromatic rings. The van der Waals surface area contributed by atoms with E-state index < -0.39 is 6.10 Å². The average Bonchev–Trinajstić information content (AvgIpc) is 2.16. The van der Waals surface area contributed by atoms with Gasteiger partial charge >= 0.3 is 0 Å². The van der Waals surface area contributed by atoms with Gasteiger partial charge in [0.2, 0.25) is 0 Å². The highest BCUT2D eigenvalue weighted by molar-refractivity contribution is 5.60. The van der Waals surface area contributed by atoms with Crippen molar-refractivity contribution in [3.63, 3.8) is 0 Å². The minimum absolute atomic E-state index is 0.325. The number of carbonyl (C=O) groups is 1. The first kappa shape index (κ1) is 9.93. The lowest BCUT2D eigenvalue weighted by Gasteiger charge is -2.13. The normalized spacial score (nSPS) is 12.9. The zero-order valence-electron chi connectivity index (χ0n) is 7.90. The van der Waals surface area contributed by atoms with E-state index in [1.54, 1.807) is 6.07 Å². The number of aldehydes is 1. The van der Waals surface area contributed by atoms with E-state index in [0.717, 1.165) is 5.56 Å².